The van der Waals surface area contributed by atoms with E-state index in [0.717, 1.165) is 11.8 Å². The van der Waals surface area contributed by atoms with Crippen LogP contribution in [0.5, 0.6) is 0 Å². The van der Waals surface area contributed by atoms with Gasteiger partial charge < -0.3 is 9.84 Å². The summed E-state index contributed by atoms with van der Waals surface area (Å²) < 4.78 is 39.2. The maximum atomic E-state index is 15.1. The first-order chi connectivity index (χ1) is 14.5. The number of aliphatic hydroxyl groups excluding tert-OH is 1. The average molecular weight is 408 g/mol. The van der Waals surface area contributed by atoms with E-state index < -0.39 is 23.3 Å². The quantitative estimate of drug-likeness (QED) is 0.649. The monoisotopic (exact) mass is 408 g/mol. The smallest absolute Gasteiger partial charge is 0.398 e. The number of benzene rings is 1. The van der Waals surface area contributed by atoms with Crippen LogP contribution in [0.2, 0.25) is 0 Å². The summed E-state index contributed by atoms with van der Waals surface area (Å²) >= 11 is 0. The average Bonchev–Trinajstić information content (AvgIpc) is 3.08. The lowest BCUT2D eigenvalue weighted by atomic mass is 9.68. The van der Waals surface area contributed by atoms with Gasteiger partial charge >= 0.3 is 11.6 Å². The number of fused-ring (bicyclic) bond motifs is 4. The summed E-state index contributed by atoms with van der Waals surface area (Å²) in [6, 6.07) is 13.4. The van der Waals surface area contributed by atoms with Crippen molar-refractivity contribution < 1.29 is 27.8 Å². The Bertz CT molecular complexity index is 1200. The van der Waals surface area contributed by atoms with Crippen molar-refractivity contribution in [3.63, 3.8) is 0 Å². The van der Waals surface area contributed by atoms with Gasteiger partial charge in [-0.15, -0.1) is 4.57 Å². The Kier molecular flexibility index (Phi) is 4.22. The molecule has 2 aliphatic heterocycles. The highest BCUT2D eigenvalue weighted by Gasteiger charge is 2.55. The molecule has 0 amide bonds. The second kappa shape index (κ2) is 6.71. The lowest BCUT2D eigenvalue weighted by Crippen LogP contribution is -2.52. The van der Waals surface area contributed by atoms with Crippen molar-refractivity contribution in [3.05, 3.63) is 83.8 Å². The molecule has 2 aromatic heterocycles. The Hall–Kier alpha value is -3.12. The molecule has 4 nitrogen and oxygen atoms in total. The number of hydrogen-bond acceptors (Lipinski definition) is 2. The maximum Gasteiger partial charge on any atom is 0.447 e. The first kappa shape index (κ1) is 18.9. The molecule has 5 rings (SSSR count). The van der Waals surface area contributed by atoms with E-state index in [1.54, 1.807) is 6.07 Å². The third-order valence-corrected chi connectivity index (χ3v) is 6.38. The fourth-order valence-electron chi connectivity index (χ4n) is 4.92. The standard InChI is InChI=1S/C24H22F2N2O2/c1-3-24(4-2)16-13-15(25)14-17(26)20(16)18-9-5-7-11-27(18)21(24)22-28-12-8-6-10-19(28)23(29)30-22/h5-14,23,29H,3-4H2,1-2H3/q+2. The van der Waals surface area contributed by atoms with E-state index in [1.807, 2.05) is 65.7 Å². The summed E-state index contributed by atoms with van der Waals surface area (Å²) in [5.74, 6) is -0.720. The highest BCUT2D eigenvalue weighted by molar-refractivity contribution is 5.78. The molecule has 0 saturated heterocycles. The summed E-state index contributed by atoms with van der Waals surface area (Å²) in [6.45, 7) is 4.01. The van der Waals surface area contributed by atoms with Gasteiger partial charge in [0.25, 0.3) is 12.0 Å². The molecule has 0 aliphatic carbocycles. The van der Waals surface area contributed by atoms with E-state index in [0.29, 0.717) is 41.2 Å². The molecular weight excluding hydrogens is 386 g/mol. The molecule has 1 atom stereocenters. The molecule has 0 bridgehead atoms. The molecule has 3 aromatic rings. The molecule has 30 heavy (non-hydrogen) atoms. The number of allylic oxidation sites excluding steroid dienone is 1. The van der Waals surface area contributed by atoms with E-state index in [2.05, 4.69) is 0 Å². The minimum absolute atomic E-state index is 0.405. The minimum atomic E-state index is -1.11. The molecule has 1 N–H and O–H groups in total. The fourth-order valence-corrected chi connectivity index (χ4v) is 4.92. The second-order valence-electron chi connectivity index (χ2n) is 7.67. The lowest BCUT2D eigenvalue weighted by Gasteiger charge is -2.35. The molecule has 0 radical (unpaired) electrons. The highest BCUT2D eigenvalue weighted by atomic mass is 19.1. The maximum absolute atomic E-state index is 15.1. The van der Waals surface area contributed by atoms with Crippen LogP contribution < -0.4 is 9.13 Å². The van der Waals surface area contributed by atoms with Gasteiger partial charge in [0.05, 0.1) is 11.0 Å². The first-order valence-electron chi connectivity index (χ1n) is 10.1. The number of ether oxygens (including phenoxy) is 1. The van der Waals surface area contributed by atoms with Crippen molar-refractivity contribution in [1.82, 2.24) is 0 Å². The highest BCUT2D eigenvalue weighted by Crippen LogP contribution is 2.49. The van der Waals surface area contributed by atoms with Gasteiger partial charge in [-0.05, 0) is 36.6 Å². The van der Waals surface area contributed by atoms with Gasteiger partial charge in [-0.2, -0.15) is 4.57 Å². The fraction of sp³-hybridized carbons (Fsp3) is 0.250. The number of nitrogens with zero attached hydrogens (tertiary/aromatic N) is 2. The van der Waals surface area contributed by atoms with Crippen LogP contribution in [0.1, 0.15) is 44.2 Å². The zero-order valence-electron chi connectivity index (χ0n) is 16.8. The summed E-state index contributed by atoms with van der Waals surface area (Å²) in [5, 5.41) is 10.5. The van der Waals surface area contributed by atoms with E-state index in [-0.39, 0.29) is 0 Å². The summed E-state index contributed by atoms with van der Waals surface area (Å²) in [7, 11) is 0. The van der Waals surface area contributed by atoms with Crippen LogP contribution in [-0.4, -0.2) is 5.11 Å². The first-order valence-corrected chi connectivity index (χ1v) is 10.1. The molecule has 0 fully saturated rings. The second-order valence-corrected chi connectivity index (χ2v) is 7.67. The van der Waals surface area contributed by atoms with Gasteiger partial charge in [0.1, 0.15) is 11.6 Å². The Labute approximate surface area is 173 Å². The van der Waals surface area contributed by atoms with Crippen molar-refractivity contribution >= 4 is 11.6 Å². The third kappa shape index (κ3) is 2.40. The SMILES string of the molecule is CCC1(CC)C(=C2OC(O)c3cccc[n+]32)[n+]2ccccc2-c2c(F)cc(F)cc21. The van der Waals surface area contributed by atoms with Gasteiger partial charge in [0, 0.05) is 30.3 Å². The molecule has 4 heterocycles. The number of hydrogen-bond donors (Lipinski definition) is 1. The van der Waals surface area contributed by atoms with Crippen LogP contribution in [0.3, 0.4) is 0 Å². The van der Waals surface area contributed by atoms with Gasteiger partial charge in [0.2, 0.25) is 5.69 Å². The van der Waals surface area contributed by atoms with E-state index in [4.69, 9.17) is 4.74 Å². The number of halogens is 2. The summed E-state index contributed by atoms with van der Waals surface area (Å²) in [5.41, 5.74) is 2.28. The van der Waals surface area contributed by atoms with Crippen LogP contribution in [0.4, 0.5) is 8.78 Å². The summed E-state index contributed by atoms with van der Waals surface area (Å²) in [4.78, 5) is 0. The third-order valence-electron chi connectivity index (χ3n) is 6.38. The zero-order chi connectivity index (χ0) is 21.0. The predicted octanol–water partition coefficient (Wildman–Crippen LogP) is 4.08. The number of rotatable bonds is 2. The molecule has 1 unspecified atom stereocenters. The Balaban J connectivity index is 1.95. The largest absolute Gasteiger partial charge is 0.447 e. The minimum Gasteiger partial charge on any atom is -0.398 e. The van der Waals surface area contributed by atoms with Crippen molar-refractivity contribution in [1.29, 1.82) is 0 Å². The van der Waals surface area contributed by atoms with Crippen molar-refractivity contribution in [2.75, 3.05) is 0 Å². The Morgan fingerprint density at radius 3 is 2.43 bits per heavy atom. The predicted molar refractivity (Wildman–Crippen MR) is 106 cm³/mol. The van der Waals surface area contributed by atoms with Crippen LogP contribution in [-0.2, 0) is 10.2 Å². The lowest BCUT2D eigenvalue weighted by molar-refractivity contribution is -0.615. The molecule has 1 aromatic carbocycles. The van der Waals surface area contributed by atoms with Crippen molar-refractivity contribution in [3.8, 4) is 11.3 Å². The van der Waals surface area contributed by atoms with Gasteiger partial charge in [-0.25, -0.2) is 8.78 Å². The van der Waals surface area contributed by atoms with E-state index in [1.165, 1.54) is 6.07 Å². The Morgan fingerprint density at radius 1 is 1.00 bits per heavy atom. The number of pyridine rings is 2. The van der Waals surface area contributed by atoms with Crippen LogP contribution >= 0.6 is 0 Å². The molecule has 152 valence electrons. The van der Waals surface area contributed by atoms with Crippen LogP contribution in [0, 0.1) is 11.6 Å². The number of aromatic nitrogens is 2. The topological polar surface area (TPSA) is 37.2 Å². The van der Waals surface area contributed by atoms with Crippen LogP contribution in [0.25, 0.3) is 22.8 Å². The molecule has 0 saturated carbocycles. The van der Waals surface area contributed by atoms with Crippen LogP contribution in [0.15, 0.2) is 60.9 Å². The number of aliphatic hydroxyl groups is 1. The molecule has 6 heteroatoms. The zero-order valence-corrected chi connectivity index (χ0v) is 16.8. The van der Waals surface area contributed by atoms with E-state index >= 15 is 4.39 Å². The van der Waals surface area contributed by atoms with Gasteiger partial charge in [-0.1, -0.05) is 13.8 Å². The summed E-state index contributed by atoms with van der Waals surface area (Å²) in [6.07, 6.45) is 3.78. The van der Waals surface area contributed by atoms with Crippen molar-refractivity contribution in [2.24, 2.45) is 0 Å². The van der Waals surface area contributed by atoms with E-state index in [9.17, 15) is 9.50 Å². The molecule has 2 aliphatic rings. The molecular formula is C24H22F2N2O2+2. The van der Waals surface area contributed by atoms with Crippen molar-refractivity contribution in [2.45, 2.75) is 38.4 Å². The molecule has 0 spiro atoms. The Morgan fingerprint density at radius 2 is 1.70 bits per heavy atom. The normalized spacial score (nSPS) is 20.9. The van der Waals surface area contributed by atoms with Gasteiger partial charge in [-0.3, -0.25) is 0 Å². The van der Waals surface area contributed by atoms with Gasteiger partial charge in [0.15, 0.2) is 12.4 Å².